The second kappa shape index (κ2) is 6.13. The van der Waals surface area contributed by atoms with Gasteiger partial charge in [0, 0.05) is 34.9 Å². The van der Waals surface area contributed by atoms with E-state index in [2.05, 4.69) is 52.2 Å². The Morgan fingerprint density at radius 2 is 2.39 bits per heavy atom. The number of halogens is 1. The van der Waals surface area contributed by atoms with Crippen LogP contribution in [0.1, 0.15) is 26.0 Å². The predicted molar refractivity (Wildman–Crippen MR) is 76.6 cm³/mol. The third-order valence-corrected chi connectivity index (χ3v) is 4.35. The van der Waals surface area contributed by atoms with Gasteiger partial charge in [-0.15, -0.1) is 0 Å². The third kappa shape index (κ3) is 3.11. The van der Waals surface area contributed by atoms with Gasteiger partial charge in [-0.2, -0.15) is 0 Å². The fourth-order valence-corrected chi connectivity index (χ4v) is 2.83. The first-order valence-corrected chi connectivity index (χ1v) is 7.38. The van der Waals surface area contributed by atoms with Gasteiger partial charge >= 0.3 is 0 Å². The fourth-order valence-electron chi connectivity index (χ4n) is 2.59. The Hall–Kier alpha value is -0.450. The molecule has 1 N–H and O–H groups in total. The van der Waals surface area contributed by atoms with Crippen molar-refractivity contribution in [2.75, 3.05) is 19.7 Å². The number of rotatable bonds is 5. The van der Waals surface area contributed by atoms with Crippen molar-refractivity contribution in [3.63, 3.8) is 0 Å². The largest absolute Gasteiger partial charge is 0.378 e. The van der Waals surface area contributed by atoms with Gasteiger partial charge in [0.1, 0.15) is 0 Å². The maximum atomic E-state index is 5.78. The molecule has 1 saturated heterocycles. The van der Waals surface area contributed by atoms with Crippen molar-refractivity contribution in [3.05, 3.63) is 28.5 Å². The Morgan fingerprint density at radius 1 is 1.56 bits per heavy atom. The van der Waals surface area contributed by atoms with E-state index >= 15 is 0 Å². The molecule has 0 aliphatic carbocycles. The molecule has 1 aromatic rings. The van der Waals surface area contributed by atoms with Crippen LogP contribution in [0.2, 0.25) is 0 Å². The first kappa shape index (κ1) is 14.0. The normalized spacial score (nSPS) is 27.6. The number of ether oxygens (including phenoxy) is 1. The average molecular weight is 313 g/mol. The number of hydrogen-bond acceptors (Lipinski definition) is 3. The summed E-state index contributed by atoms with van der Waals surface area (Å²) in [6, 6.07) is 4.16. The number of pyridine rings is 1. The van der Waals surface area contributed by atoms with E-state index in [1.165, 1.54) is 0 Å². The topological polar surface area (TPSA) is 34.2 Å². The lowest BCUT2D eigenvalue weighted by molar-refractivity contribution is 0.0628. The van der Waals surface area contributed by atoms with Crippen LogP contribution in [0.3, 0.4) is 0 Å². The molecule has 1 fully saturated rings. The summed E-state index contributed by atoms with van der Waals surface area (Å²) in [5, 5.41) is 3.48. The molecule has 0 bridgehead atoms. The van der Waals surface area contributed by atoms with Crippen LogP contribution in [-0.2, 0) is 11.2 Å². The highest BCUT2D eigenvalue weighted by atomic mass is 79.9. The summed E-state index contributed by atoms with van der Waals surface area (Å²) < 4.78 is 6.82. The summed E-state index contributed by atoms with van der Waals surface area (Å²) >= 11 is 3.43. The van der Waals surface area contributed by atoms with Crippen LogP contribution in [0, 0.1) is 5.41 Å². The zero-order valence-electron chi connectivity index (χ0n) is 11.1. The van der Waals surface area contributed by atoms with E-state index < -0.39 is 0 Å². The quantitative estimate of drug-likeness (QED) is 0.908. The van der Waals surface area contributed by atoms with Gasteiger partial charge < -0.3 is 10.1 Å². The molecule has 2 heterocycles. The van der Waals surface area contributed by atoms with Gasteiger partial charge in [-0.25, -0.2) is 0 Å². The van der Waals surface area contributed by atoms with Crippen molar-refractivity contribution in [2.45, 2.75) is 32.8 Å². The van der Waals surface area contributed by atoms with Crippen LogP contribution in [0.15, 0.2) is 22.8 Å². The van der Waals surface area contributed by atoms with E-state index in [4.69, 9.17) is 4.74 Å². The summed E-state index contributed by atoms with van der Waals surface area (Å²) in [6.07, 6.45) is 4.26. The average Bonchev–Trinajstić information content (AvgIpc) is 2.72. The van der Waals surface area contributed by atoms with Crippen LogP contribution in [-0.4, -0.2) is 30.8 Å². The molecule has 0 saturated carbocycles. The molecule has 100 valence electrons. The minimum atomic E-state index is 0.191. The van der Waals surface area contributed by atoms with Gasteiger partial charge in [-0.3, -0.25) is 4.98 Å². The predicted octanol–water partition coefficient (Wildman–Crippen LogP) is 2.79. The highest BCUT2D eigenvalue weighted by Gasteiger charge is 2.41. The monoisotopic (exact) mass is 312 g/mol. The second-order valence-corrected chi connectivity index (χ2v) is 5.97. The molecule has 4 heteroatoms. The van der Waals surface area contributed by atoms with Crippen molar-refractivity contribution in [1.29, 1.82) is 0 Å². The lowest BCUT2D eigenvalue weighted by Gasteiger charge is -2.32. The highest BCUT2D eigenvalue weighted by molar-refractivity contribution is 9.10. The maximum absolute atomic E-state index is 5.78. The lowest BCUT2D eigenvalue weighted by atomic mass is 9.77. The summed E-state index contributed by atoms with van der Waals surface area (Å²) in [4.78, 5) is 4.50. The Bertz CT molecular complexity index is 382. The van der Waals surface area contributed by atoms with E-state index in [-0.39, 0.29) is 5.41 Å². The van der Waals surface area contributed by atoms with Gasteiger partial charge in [0.05, 0.1) is 6.10 Å². The Morgan fingerprint density at radius 3 is 2.94 bits per heavy atom. The second-order valence-electron chi connectivity index (χ2n) is 5.05. The standard InChI is InChI=1S/C14H21BrN2O/c1-3-16-10-14(6-7-18-11(14)2)8-13-5-4-12(15)9-17-13/h4-5,9,11,16H,3,6-8,10H2,1-2H3. The van der Waals surface area contributed by atoms with E-state index in [9.17, 15) is 0 Å². The van der Waals surface area contributed by atoms with E-state index in [1.54, 1.807) is 0 Å². The van der Waals surface area contributed by atoms with Gasteiger partial charge in [-0.1, -0.05) is 6.92 Å². The van der Waals surface area contributed by atoms with Crippen molar-refractivity contribution in [3.8, 4) is 0 Å². The number of nitrogens with zero attached hydrogens (tertiary/aromatic N) is 1. The van der Waals surface area contributed by atoms with Crippen molar-refractivity contribution in [1.82, 2.24) is 10.3 Å². The van der Waals surface area contributed by atoms with Gasteiger partial charge in [0.25, 0.3) is 0 Å². The minimum absolute atomic E-state index is 0.191. The molecule has 1 aliphatic rings. The molecule has 18 heavy (non-hydrogen) atoms. The fraction of sp³-hybridized carbons (Fsp3) is 0.643. The Balaban J connectivity index is 2.12. The van der Waals surface area contributed by atoms with Crippen LogP contribution in [0.5, 0.6) is 0 Å². The molecule has 0 spiro atoms. The molecule has 0 aromatic carbocycles. The zero-order chi connectivity index (χ0) is 13.0. The molecular formula is C14H21BrN2O. The molecule has 2 unspecified atom stereocenters. The van der Waals surface area contributed by atoms with Crippen molar-refractivity contribution < 1.29 is 4.74 Å². The van der Waals surface area contributed by atoms with Gasteiger partial charge in [-0.05, 0) is 54.4 Å². The zero-order valence-corrected chi connectivity index (χ0v) is 12.7. The van der Waals surface area contributed by atoms with Crippen LogP contribution in [0.4, 0.5) is 0 Å². The Labute approximate surface area is 117 Å². The van der Waals surface area contributed by atoms with E-state index in [0.29, 0.717) is 6.10 Å². The van der Waals surface area contributed by atoms with Crippen LogP contribution in [0.25, 0.3) is 0 Å². The molecule has 2 rings (SSSR count). The highest BCUT2D eigenvalue weighted by Crippen LogP contribution is 2.37. The van der Waals surface area contributed by atoms with Crippen molar-refractivity contribution >= 4 is 15.9 Å². The minimum Gasteiger partial charge on any atom is -0.378 e. The van der Waals surface area contributed by atoms with E-state index in [1.807, 2.05) is 6.20 Å². The van der Waals surface area contributed by atoms with Gasteiger partial charge in [0.2, 0.25) is 0 Å². The van der Waals surface area contributed by atoms with Crippen LogP contribution < -0.4 is 5.32 Å². The first-order chi connectivity index (χ1) is 8.66. The first-order valence-electron chi connectivity index (χ1n) is 6.59. The maximum Gasteiger partial charge on any atom is 0.0619 e. The molecule has 1 aromatic heterocycles. The summed E-state index contributed by atoms with van der Waals surface area (Å²) in [5.74, 6) is 0. The summed E-state index contributed by atoms with van der Waals surface area (Å²) in [7, 11) is 0. The number of hydrogen-bond donors (Lipinski definition) is 1. The summed E-state index contributed by atoms with van der Waals surface area (Å²) in [6.45, 7) is 7.20. The summed E-state index contributed by atoms with van der Waals surface area (Å²) in [5.41, 5.74) is 1.34. The van der Waals surface area contributed by atoms with Gasteiger partial charge in [0.15, 0.2) is 0 Å². The Kier molecular flexibility index (Phi) is 4.76. The number of nitrogens with one attached hydrogen (secondary N) is 1. The number of aromatic nitrogens is 1. The molecule has 1 aliphatic heterocycles. The van der Waals surface area contributed by atoms with Crippen molar-refractivity contribution in [2.24, 2.45) is 5.41 Å². The molecule has 0 radical (unpaired) electrons. The molecular weight excluding hydrogens is 292 g/mol. The van der Waals surface area contributed by atoms with E-state index in [0.717, 1.165) is 42.7 Å². The smallest absolute Gasteiger partial charge is 0.0619 e. The molecule has 3 nitrogen and oxygen atoms in total. The molecule has 0 amide bonds. The third-order valence-electron chi connectivity index (χ3n) is 3.88. The SMILES string of the molecule is CCNCC1(Cc2ccc(Br)cn2)CCOC1C. The van der Waals surface area contributed by atoms with Crippen LogP contribution >= 0.6 is 15.9 Å². The lowest BCUT2D eigenvalue weighted by Crippen LogP contribution is -2.41. The molecule has 2 atom stereocenters.